The molecule has 0 bridgehead atoms. The van der Waals surface area contributed by atoms with Crippen LogP contribution in [0.2, 0.25) is 0 Å². The number of rotatable bonds is 8. The lowest BCUT2D eigenvalue weighted by atomic mass is 10.0. The zero-order chi connectivity index (χ0) is 20.7. The maximum Gasteiger partial charge on any atom is 0.279 e. The highest BCUT2D eigenvalue weighted by Gasteiger charge is 2.14. The predicted octanol–water partition coefficient (Wildman–Crippen LogP) is 3.40. The zero-order valence-electron chi connectivity index (χ0n) is 17.3. The molecule has 6 nitrogen and oxygen atoms in total. The molecule has 0 aliphatic heterocycles. The van der Waals surface area contributed by atoms with Crippen LogP contribution in [0.3, 0.4) is 0 Å². The maximum absolute atomic E-state index is 12.7. The third-order valence-corrected chi connectivity index (χ3v) is 4.22. The van der Waals surface area contributed by atoms with Gasteiger partial charge in [-0.3, -0.25) is 4.79 Å². The van der Waals surface area contributed by atoms with Crippen LogP contribution in [0.5, 0.6) is 11.5 Å². The summed E-state index contributed by atoms with van der Waals surface area (Å²) in [5, 5.41) is 0. The summed E-state index contributed by atoms with van der Waals surface area (Å²) in [5.41, 5.74) is 9.50. The summed E-state index contributed by atoms with van der Waals surface area (Å²) in [6.45, 7) is 7.54. The van der Waals surface area contributed by atoms with E-state index in [4.69, 9.17) is 15.2 Å². The van der Waals surface area contributed by atoms with Crippen LogP contribution >= 0.6 is 0 Å². The molecule has 2 aromatic carbocycles. The Bertz CT molecular complexity index is 860. The van der Waals surface area contributed by atoms with Gasteiger partial charge in [0.05, 0.1) is 13.2 Å². The van der Waals surface area contributed by atoms with Gasteiger partial charge in [-0.25, -0.2) is 0 Å². The van der Waals surface area contributed by atoms with Crippen LogP contribution < -0.4 is 15.2 Å². The van der Waals surface area contributed by atoms with Gasteiger partial charge in [0.2, 0.25) is 0 Å². The highest BCUT2D eigenvalue weighted by atomic mass is 16.5. The molecular weight excluding hydrogens is 354 g/mol. The molecule has 28 heavy (non-hydrogen) atoms. The van der Waals surface area contributed by atoms with E-state index in [9.17, 15) is 4.79 Å². The van der Waals surface area contributed by atoms with Gasteiger partial charge in [0.15, 0.2) is 11.5 Å². The van der Waals surface area contributed by atoms with Crippen molar-refractivity contribution in [3.05, 3.63) is 58.7 Å². The van der Waals surface area contributed by atoms with Crippen LogP contribution in [0.4, 0.5) is 0 Å². The average Bonchev–Trinajstić information content (AvgIpc) is 2.64. The molecule has 0 saturated carbocycles. The molecule has 0 spiro atoms. The zero-order valence-corrected chi connectivity index (χ0v) is 17.3. The van der Waals surface area contributed by atoms with E-state index in [0.717, 1.165) is 23.2 Å². The van der Waals surface area contributed by atoms with E-state index in [1.165, 1.54) is 0 Å². The van der Waals surface area contributed by atoms with Gasteiger partial charge in [-0.1, -0.05) is 18.2 Å². The molecule has 0 aromatic heterocycles. The predicted molar refractivity (Wildman–Crippen MR) is 112 cm³/mol. The van der Waals surface area contributed by atoms with Gasteiger partial charge >= 0.3 is 0 Å². The monoisotopic (exact) mass is 383 g/mol. The van der Waals surface area contributed by atoms with E-state index in [0.29, 0.717) is 30.3 Å². The van der Waals surface area contributed by atoms with Crippen molar-refractivity contribution in [1.82, 2.24) is 4.90 Å². The summed E-state index contributed by atoms with van der Waals surface area (Å²) in [4.78, 5) is 18.9. The second-order valence-corrected chi connectivity index (χ2v) is 6.66. The van der Waals surface area contributed by atoms with Crippen LogP contribution in [0.15, 0.2) is 41.4 Å². The quantitative estimate of drug-likeness (QED) is 0.558. The van der Waals surface area contributed by atoms with Gasteiger partial charge in [-0.2, -0.15) is 4.99 Å². The van der Waals surface area contributed by atoms with Crippen LogP contribution in [-0.2, 0) is 6.54 Å². The lowest BCUT2D eigenvalue weighted by Gasteiger charge is -2.15. The lowest BCUT2D eigenvalue weighted by molar-refractivity contribution is 0.100. The number of aliphatic imine (C=N–C) groups is 1. The van der Waals surface area contributed by atoms with Gasteiger partial charge < -0.3 is 20.1 Å². The normalized spacial score (nSPS) is 11.6. The number of amides is 1. The Morgan fingerprint density at radius 3 is 2.39 bits per heavy atom. The van der Waals surface area contributed by atoms with E-state index in [1.807, 2.05) is 47.0 Å². The molecule has 2 rings (SSSR count). The fourth-order valence-corrected chi connectivity index (χ4v) is 2.89. The molecule has 0 fully saturated rings. The minimum atomic E-state index is -0.418. The van der Waals surface area contributed by atoms with E-state index >= 15 is 0 Å². The number of benzene rings is 2. The van der Waals surface area contributed by atoms with Crippen LogP contribution in [0.1, 0.15) is 40.9 Å². The molecule has 0 unspecified atom stereocenters. The van der Waals surface area contributed by atoms with Gasteiger partial charge in [0.1, 0.15) is 5.84 Å². The Balaban J connectivity index is 2.32. The van der Waals surface area contributed by atoms with Gasteiger partial charge in [-0.15, -0.1) is 0 Å². The summed E-state index contributed by atoms with van der Waals surface area (Å²) in [5.74, 6) is 0.909. The number of amidine groups is 1. The fraction of sp³-hybridized carbons (Fsp3) is 0.364. The average molecular weight is 383 g/mol. The second-order valence-electron chi connectivity index (χ2n) is 6.66. The first-order chi connectivity index (χ1) is 13.4. The van der Waals surface area contributed by atoms with Crippen LogP contribution in [0.25, 0.3) is 0 Å². The SMILES string of the molecule is CCOc1ccc(C(=O)N=C(N)c2cccc(CN(C)C)c2C)cc1OCC. The first kappa shape index (κ1) is 21.4. The third kappa shape index (κ3) is 5.33. The largest absolute Gasteiger partial charge is 0.490 e. The Morgan fingerprint density at radius 1 is 1.07 bits per heavy atom. The van der Waals surface area contributed by atoms with Crippen molar-refractivity contribution in [2.75, 3.05) is 27.3 Å². The Labute approximate surface area is 167 Å². The molecule has 0 radical (unpaired) electrons. The maximum atomic E-state index is 12.7. The number of nitrogens with zero attached hydrogens (tertiary/aromatic N) is 2. The van der Waals surface area contributed by atoms with Gasteiger partial charge in [-0.05, 0) is 64.2 Å². The van der Waals surface area contributed by atoms with Crippen LogP contribution in [-0.4, -0.2) is 44.0 Å². The van der Waals surface area contributed by atoms with Crippen molar-refractivity contribution in [3.63, 3.8) is 0 Å². The number of carbonyl (C=O) groups is 1. The second kappa shape index (κ2) is 9.90. The number of carbonyl (C=O) groups excluding carboxylic acids is 1. The molecule has 6 heteroatoms. The molecule has 2 aromatic rings. The minimum absolute atomic E-state index is 0.204. The Hall–Kier alpha value is -2.86. The molecule has 0 heterocycles. The topological polar surface area (TPSA) is 77.1 Å². The number of nitrogens with two attached hydrogens (primary N) is 1. The summed E-state index contributed by atoms with van der Waals surface area (Å²) in [6.07, 6.45) is 0. The van der Waals surface area contributed by atoms with Crippen molar-refractivity contribution in [1.29, 1.82) is 0 Å². The van der Waals surface area contributed by atoms with E-state index in [-0.39, 0.29) is 5.84 Å². The van der Waals surface area contributed by atoms with Crippen molar-refractivity contribution in [2.45, 2.75) is 27.3 Å². The molecule has 0 atom stereocenters. The standard InChI is InChI=1S/C22H29N3O3/c1-6-27-19-12-11-16(13-20(19)28-7-2)22(26)24-21(23)18-10-8-9-17(15(18)3)14-25(4)5/h8-13H,6-7,14H2,1-5H3,(H2,23,24,26). The summed E-state index contributed by atoms with van der Waals surface area (Å²) in [7, 11) is 4.02. The smallest absolute Gasteiger partial charge is 0.279 e. The van der Waals surface area contributed by atoms with E-state index in [1.54, 1.807) is 18.2 Å². The number of hydrogen-bond acceptors (Lipinski definition) is 4. The van der Waals surface area contributed by atoms with Crippen molar-refractivity contribution in [2.24, 2.45) is 10.7 Å². The highest BCUT2D eigenvalue weighted by molar-refractivity contribution is 6.09. The fourth-order valence-electron chi connectivity index (χ4n) is 2.89. The Kier molecular flexibility index (Phi) is 7.58. The number of hydrogen-bond donors (Lipinski definition) is 1. The molecule has 1 amide bonds. The van der Waals surface area contributed by atoms with Crippen LogP contribution in [0, 0.1) is 6.92 Å². The van der Waals surface area contributed by atoms with Crippen molar-refractivity contribution >= 4 is 11.7 Å². The van der Waals surface area contributed by atoms with Gasteiger partial charge in [0.25, 0.3) is 5.91 Å². The van der Waals surface area contributed by atoms with E-state index < -0.39 is 5.91 Å². The Morgan fingerprint density at radius 2 is 1.75 bits per heavy atom. The first-order valence-corrected chi connectivity index (χ1v) is 9.39. The summed E-state index contributed by atoms with van der Waals surface area (Å²) in [6, 6.07) is 10.9. The van der Waals surface area contributed by atoms with Crippen molar-refractivity contribution < 1.29 is 14.3 Å². The summed E-state index contributed by atoms with van der Waals surface area (Å²) < 4.78 is 11.1. The first-order valence-electron chi connectivity index (χ1n) is 9.39. The molecule has 0 aliphatic carbocycles. The highest BCUT2D eigenvalue weighted by Crippen LogP contribution is 2.29. The molecule has 0 saturated heterocycles. The molecule has 2 N–H and O–H groups in total. The minimum Gasteiger partial charge on any atom is -0.490 e. The number of ether oxygens (including phenoxy) is 2. The van der Waals surface area contributed by atoms with Crippen molar-refractivity contribution in [3.8, 4) is 11.5 Å². The summed E-state index contributed by atoms with van der Waals surface area (Å²) >= 11 is 0. The van der Waals surface area contributed by atoms with E-state index in [2.05, 4.69) is 16.0 Å². The third-order valence-electron chi connectivity index (χ3n) is 4.22. The molecule has 150 valence electrons. The molecular formula is C22H29N3O3. The molecule has 0 aliphatic rings. The lowest BCUT2D eigenvalue weighted by Crippen LogP contribution is -2.19. The van der Waals surface area contributed by atoms with Gasteiger partial charge in [0, 0.05) is 17.7 Å².